The third-order valence-corrected chi connectivity index (χ3v) is 6.43. The second kappa shape index (κ2) is 10.1. The van der Waals surface area contributed by atoms with Crippen LogP contribution in [0.2, 0.25) is 5.02 Å². The normalized spacial score (nSPS) is 22.3. The van der Waals surface area contributed by atoms with E-state index in [4.69, 9.17) is 16.3 Å². The summed E-state index contributed by atoms with van der Waals surface area (Å²) in [4.78, 5) is 17.2. The molecule has 0 spiro atoms. The fourth-order valence-corrected chi connectivity index (χ4v) is 4.26. The van der Waals surface area contributed by atoms with Crippen molar-refractivity contribution in [2.24, 2.45) is 0 Å². The molecule has 2 heterocycles. The van der Waals surface area contributed by atoms with E-state index in [-0.39, 0.29) is 18.0 Å². The molecule has 2 aromatic carbocycles. The van der Waals surface area contributed by atoms with Gasteiger partial charge in [-0.15, -0.1) is 0 Å². The molecule has 0 bridgehead atoms. The Morgan fingerprint density at radius 1 is 1.03 bits per heavy atom. The van der Waals surface area contributed by atoms with Crippen molar-refractivity contribution in [3.8, 4) is 5.75 Å². The van der Waals surface area contributed by atoms with Crippen LogP contribution in [-0.2, 0) is 4.79 Å². The Labute approximate surface area is 190 Å². The van der Waals surface area contributed by atoms with Crippen molar-refractivity contribution in [1.29, 1.82) is 0 Å². The molecule has 2 unspecified atom stereocenters. The highest BCUT2D eigenvalue weighted by atomic mass is 79.9. The van der Waals surface area contributed by atoms with Crippen LogP contribution in [0.1, 0.15) is 18.0 Å². The standard InChI is InChI=1S/C22H26BrClN4O2/c23-17-3-1-16(2-4-17)20-15-21(26-25-20)22(29)28-11-9-27(10-12-28)13-14-30-19-7-5-18(24)6-8-19/h1-8,20-21,25-26H,9-15H2. The quantitative estimate of drug-likeness (QED) is 0.647. The van der Waals surface area contributed by atoms with Crippen LogP contribution in [0.5, 0.6) is 5.75 Å². The first-order valence-corrected chi connectivity index (χ1v) is 11.4. The molecule has 2 N–H and O–H groups in total. The molecule has 0 saturated carbocycles. The number of benzene rings is 2. The summed E-state index contributed by atoms with van der Waals surface area (Å²) >= 11 is 9.35. The summed E-state index contributed by atoms with van der Waals surface area (Å²) in [5.74, 6) is 1.01. The maximum absolute atomic E-state index is 12.9. The van der Waals surface area contributed by atoms with Gasteiger partial charge in [-0.25, -0.2) is 10.9 Å². The third kappa shape index (κ3) is 5.53. The fourth-order valence-electron chi connectivity index (χ4n) is 3.87. The smallest absolute Gasteiger partial charge is 0.241 e. The van der Waals surface area contributed by atoms with Crippen molar-refractivity contribution < 1.29 is 9.53 Å². The van der Waals surface area contributed by atoms with Gasteiger partial charge in [0.25, 0.3) is 0 Å². The van der Waals surface area contributed by atoms with Gasteiger partial charge in [-0.3, -0.25) is 9.69 Å². The number of hydrogen-bond donors (Lipinski definition) is 2. The first-order chi connectivity index (χ1) is 14.6. The number of ether oxygens (including phenoxy) is 1. The number of carbonyl (C=O) groups excluding carboxylic acids is 1. The van der Waals surface area contributed by atoms with Gasteiger partial charge in [0.1, 0.15) is 18.4 Å². The van der Waals surface area contributed by atoms with Crippen molar-refractivity contribution in [2.45, 2.75) is 18.5 Å². The van der Waals surface area contributed by atoms with Crippen molar-refractivity contribution >= 4 is 33.4 Å². The molecule has 0 aliphatic carbocycles. The van der Waals surface area contributed by atoms with Crippen molar-refractivity contribution in [2.75, 3.05) is 39.3 Å². The Kier molecular flexibility index (Phi) is 7.28. The highest BCUT2D eigenvalue weighted by Crippen LogP contribution is 2.25. The highest BCUT2D eigenvalue weighted by molar-refractivity contribution is 9.10. The number of nitrogens with one attached hydrogen (secondary N) is 2. The number of rotatable bonds is 6. The summed E-state index contributed by atoms with van der Waals surface area (Å²) < 4.78 is 6.84. The van der Waals surface area contributed by atoms with E-state index in [2.05, 4.69) is 43.8 Å². The van der Waals surface area contributed by atoms with Crippen molar-refractivity contribution in [1.82, 2.24) is 20.7 Å². The molecule has 1 amide bonds. The van der Waals surface area contributed by atoms with Crippen LogP contribution in [-0.4, -0.2) is 61.1 Å². The lowest BCUT2D eigenvalue weighted by Gasteiger charge is -2.35. The number of carbonyl (C=O) groups is 1. The Hall–Kier alpha value is -1.64. The zero-order valence-electron chi connectivity index (χ0n) is 16.7. The molecule has 2 aliphatic rings. The van der Waals surface area contributed by atoms with E-state index in [9.17, 15) is 4.79 Å². The second-order valence-corrected chi connectivity index (χ2v) is 9.00. The zero-order valence-corrected chi connectivity index (χ0v) is 19.0. The van der Waals surface area contributed by atoms with Crippen molar-refractivity contribution in [3.63, 3.8) is 0 Å². The predicted octanol–water partition coefficient (Wildman–Crippen LogP) is 3.23. The van der Waals surface area contributed by atoms with Crippen LogP contribution in [0.15, 0.2) is 53.0 Å². The topological polar surface area (TPSA) is 56.8 Å². The van der Waals surface area contributed by atoms with E-state index in [1.807, 2.05) is 41.3 Å². The number of nitrogens with zero attached hydrogens (tertiary/aromatic N) is 2. The molecule has 4 rings (SSSR count). The number of halogens is 2. The van der Waals surface area contributed by atoms with E-state index in [1.165, 1.54) is 5.56 Å². The van der Waals surface area contributed by atoms with Crippen LogP contribution in [0.4, 0.5) is 0 Å². The number of amides is 1. The number of hydrogen-bond acceptors (Lipinski definition) is 5. The third-order valence-electron chi connectivity index (χ3n) is 5.65. The lowest BCUT2D eigenvalue weighted by molar-refractivity contribution is -0.135. The molecule has 160 valence electrons. The number of hydrazine groups is 1. The van der Waals surface area contributed by atoms with E-state index < -0.39 is 0 Å². The molecule has 30 heavy (non-hydrogen) atoms. The van der Waals surface area contributed by atoms with Gasteiger partial charge in [-0.1, -0.05) is 39.7 Å². The summed E-state index contributed by atoms with van der Waals surface area (Å²) in [6.45, 7) is 4.71. The van der Waals surface area contributed by atoms with Gasteiger partial charge < -0.3 is 9.64 Å². The molecule has 8 heteroatoms. The van der Waals surface area contributed by atoms with E-state index in [0.29, 0.717) is 11.6 Å². The van der Waals surface area contributed by atoms with Crippen LogP contribution in [0.25, 0.3) is 0 Å². The molecule has 2 atom stereocenters. The first-order valence-electron chi connectivity index (χ1n) is 10.2. The van der Waals surface area contributed by atoms with Crippen molar-refractivity contribution in [3.05, 3.63) is 63.6 Å². The predicted molar refractivity (Wildman–Crippen MR) is 122 cm³/mol. The lowest BCUT2D eigenvalue weighted by Crippen LogP contribution is -2.54. The van der Waals surface area contributed by atoms with Gasteiger partial charge in [0.15, 0.2) is 0 Å². The largest absolute Gasteiger partial charge is 0.492 e. The van der Waals surface area contributed by atoms with Crippen LogP contribution >= 0.6 is 27.5 Å². The average Bonchev–Trinajstić information content (AvgIpc) is 3.26. The molecule has 2 aromatic rings. The molecule has 2 saturated heterocycles. The summed E-state index contributed by atoms with van der Waals surface area (Å²) in [5.41, 5.74) is 7.65. The van der Waals surface area contributed by atoms with Gasteiger partial charge in [-0.2, -0.15) is 0 Å². The second-order valence-electron chi connectivity index (χ2n) is 7.65. The minimum Gasteiger partial charge on any atom is -0.492 e. The fraction of sp³-hybridized carbons (Fsp3) is 0.409. The Morgan fingerprint density at radius 3 is 2.43 bits per heavy atom. The molecule has 6 nitrogen and oxygen atoms in total. The summed E-state index contributed by atoms with van der Waals surface area (Å²) in [6, 6.07) is 15.6. The SMILES string of the molecule is O=C(C1CC(c2ccc(Br)cc2)NN1)N1CCN(CCOc2ccc(Cl)cc2)CC1. The molecule has 0 radical (unpaired) electrons. The van der Waals surface area contributed by atoms with Crippen LogP contribution in [0.3, 0.4) is 0 Å². The molecular weight excluding hydrogens is 468 g/mol. The van der Waals surface area contributed by atoms with Gasteiger partial charge >= 0.3 is 0 Å². The van der Waals surface area contributed by atoms with Gasteiger partial charge in [-0.05, 0) is 48.4 Å². The Morgan fingerprint density at radius 2 is 1.73 bits per heavy atom. The monoisotopic (exact) mass is 492 g/mol. The molecular formula is C22H26BrClN4O2. The average molecular weight is 494 g/mol. The molecule has 2 aliphatic heterocycles. The van der Waals surface area contributed by atoms with E-state index in [1.54, 1.807) is 0 Å². The van der Waals surface area contributed by atoms with Crippen LogP contribution < -0.4 is 15.6 Å². The first kappa shape index (κ1) is 21.6. The van der Waals surface area contributed by atoms with Gasteiger partial charge in [0.05, 0.1) is 0 Å². The van der Waals surface area contributed by atoms with Gasteiger partial charge in [0.2, 0.25) is 5.91 Å². The summed E-state index contributed by atoms with van der Waals surface area (Å²) in [5, 5.41) is 0.707. The molecule has 2 fully saturated rings. The maximum atomic E-state index is 12.9. The Bertz CT molecular complexity index is 841. The minimum absolute atomic E-state index is 0.151. The maximum Gasteiger partial charge on any atom is 0.241 e. The Balaban J connectivity index is 1.19. The van der Waals surface area contributed by atoms with Crippen LogP contribution in [0, 0.1) is 0 Å². The highest BCUT2D eigenvalue weighted by Gasteiger charge is 2.34. The molecule has 0 aromatic heterocycles. The lowest BCUT2D eigenvalue weighted by atomic mass is 10.0. The van der Waals surface area contributed by atoms with E-state index >= 15 is 0 Å². The summed E-state index contributed by atoms with van der Waals surface area (Å²) in [7, 11) is 0. The number of piperazine rings is 1. The van der Waals surface area contributed by atoms with E-state index in [0.717, 1.165) is 49.4 Å². The minimum atomic E-state index is -0.182. The van der Waals surface area contributed by atoms with Gasteiger partial charge in [0, 0.05) is 48.3 Å². The summed E-state index contributed by atoms with van der Waals surface area (Å²) in [6.07, 6.45) is 0.760. The zero-order chi connectivity index (χ0) is 20.9.